The second kappa shape index (κ2) is 6.67. The fourth-order valence-electron chi connectivity index (χ4n) is 3.68. The van der Waals surface area contributed by atoms with Crippen LogP contribution in [-0.2, 0) is 11.3 Å². The number of urea groups is 1. The number of carbonyl (C=O) groups excluding carboxylic acids is 3. The Morgan fingerprint density at radius 3 is 2.88 bits per heavy atom. The Hall–Kier alpha value is -3.09. The van der Waals surface area contributed by atoms with Crippen molar-refractivity contribution in [2.24, 2.45) is 0 Å². The topological polar surface area (TPSA) is 91.7 Å². The lowest BCUT2D eigenvalue weighted by atomic mass is 9.83. The zero-order chi connectivity index (χ0) is 18.1. The van der Waals surface area contributed by atoms with E-state index < -0.39 is 6.03 Å². The molecule has 0 saturated heterocycles. The number of Topliss-reactive ketones (excluding diaryl/α,β-unsaturated/α-hetero) is 1. The highest BCUT2D eigenvalue weighted by Gasteiger charge is 2.37. The van der Waals surface area contributed by atoms with Crippen molar-refractivity contribution in [3.05, 3.63) is 53.5 Å². The summed E-state index contributed by atoms with van der Waals surface area (Å²) >= 11 is 0. The van der Waals surface area contributed by atoms with Crippen molar-refractivity contribution < 1.29 is 18.8 Å². The van der Waals surface area contributed by atoms with Gasteiger partial charge in [-0.05, 0) is 30.2 Å². The molecule has 26 heavy (non-hydrogen) atoms. The van der Waals surface area contributed by atoms with Crippen LogP contribution in [0, 0.1) is 0 Å². The summed E-state index contributed by atoms with van der Waals surface area (Å²) in [4.78, 5) is 38.2. The SMILES string of the molecule is O=C(NCC(=O)N1CC2CCC(=O)c3cccc1c32)NCc1ccco1. The number of furan rings is 1. The number of hydrogen-bond donors (Lipinski definition) is 2. The summed E-state index contributed by atoms with van der Waals surface area (Å²) in [6, 6.07) is 8.58. The van der Waals surface area contributed by atoms with Crippen LogP contribution in [0.2, 0.25) is 0 Å². The van der Waals surface area contributed by atoms with E-state index in [1.807, 2.05) is 18.2 Å². The smallest absolute Gasteiger partial charge is 0.315 e. The minimum absolute atomic E-state index is 0.103. The minimum Gasteiger partial charge on any atom is -0.467 e. The molecule has 1 atom stereocenters. The normalized spacial score (nSPS) is 17.8. The highest BCUT2D eigenvalue weighted by Crippen LogP contribution is 2.44. The second-order valence-electron chi connectivity index (χ2n) is 6.52. The maximum Gasteiger partial charge on any atom is 0.315 e. The van der Waals surface area contributed by atoms with Crippen molar-refractivity contribution in [2.45, 2.75) is 25.3 Å². The largest absolute Gasteiger partial charge is 0.467 e. The van der Waals surface area contributed by atoms with Gasteiger partial charge in [-0.15, -0.1) is 0 Å². The molecule has 2 aromatic rings. The number of benzene rings is 1. The van der Waals surface area contributed by atoms with Crippen LogP contribution in [0.25, 0.3) is 0 Å². The molecule has 134 valence electrons. The van der Waals surface area contributed by atoms with E-state index in [2.05, 4.69) is 10.6 Å². The van der Waals surface area contributed by atoms with E-state index in [0.29, 0.717) is 18.7 Å². The van der Waals surface area contributed by atoms with E-state index in [9.17, 15) is 14.4 Å². The molecule has 0 fully saturated rings. The Morgan fingerprint density at radius 1 is 1.19 bits per heavy atom. The molecule has 7 heteroatoms. The van der Waals surface area contributed by atoms with Gasteiger partial charge in [-0.1, -0.05) is 12.1 Å². The molecule has 0 spiro atoms. The van der Waals surface area contributed by atoms with Crippen LogP contribution in [0.1, 0.15) is 40.4 Å². The van der Waals surface area contributed by atoms with Crippen LogP contribution in [-0.4, -0.2) is 30.8 Å². The fourth-order valence-corrected chi connectivity index (χ4v) is 3.68. The molecule has 1 aromatic heterocycles. The van der Waals surface area contributed by atoms with Gasteiger partial charge in [0.15, 0.2) is 5.78 Å². The molecule has 1 aliphatic carbocycles. The molecule has 4 rings (SSSR count). The van der Waals surface area contributed by atoms with E-state index >= 15 is 0 Å². The third-order valence-corrected chi connectivity index (χ3v) is 4.91. The van der Waals surface area contributed by atoms with Crippen LogP contribution in [0.5, 0.6) is 0 Å². The minimum atomic E-state index is -0.432. The number of ketones is 1. The monoisotopic (exact) mass is 353 g/mol. The fraction of sp³-hybridized carbons (Fsp3) is 0.316. The van der Waals surface area contributed by atoms with Crippen LogP contribution >= 0.6 is 0 Å². The first kappa shape index (κ1) is 16.4. The number of carbonyl (C=O) groups is 3. The Bertz CT molecular complexity index is 860. The molecule has 0 radical (unpaired) electrons. The van der Waals surface area contributed by atoms with Crippen molar-refractivity contribution in [3.8, 4) is 0 Å². The predicted octanol–water partition coefficient (Wildman–Crippen LogP) is 2.19. The summed E-state index contributed by atoms with van der Waals surface area (Å²) in [5, 5.41) is 5.21. The lowest BCUT2D eigenvalue weighted by Crippen LogP contribution is -2.43. The van der Waals surface area contributed by atoms with Crippen molar-refractivity contribution in [3.63, 3.8) is 0 Å². The summed E-state index contributed by atoms with van der Waals surface area (Å²) < 4.78 is 5.13. The Kier molecular flexibility index (Phi) is 4.20. The first-order valence-corrected chi connectivity index (χ1v) is 8.64. The van der Waals surface area contributed by atoms with Crippen LogP contribution in [0.4, 0.5) is 10.5 Å². The summed E-state index contributed by atoms with van der Waals surface area (Å²) in [5.74, 6) is 0.797. The molecule has 1 unspecified atom stereocenters. The molecule has 7 nitrogen and oxygen atoms in total. The van der Waals surface area contributed by atoms with E-state index in [-0.39, 0.29) is 30.7 Å². The van der Waals surface area contributed by atoms with Crippen molar-refractivity contribution in [2.75, 3.05) is 18.0 Å². The molecule has 3 amide bonds. The van der Waals surface area contributed by atoms with Crippen LogP contribution in [0.15, 0.2) is 41.0 Å². The number of amides is 3. The Balaban J connectivity index is 1.38. The van der Waals surface area contributed by atoms with Gasteiger partial charge in [0.1, 0.15) is 5.76 Å². The zero-order valence-corrected chi connectivity index (χ0v) is 14.2. The van der Waals surface area contributed by atoms with Gasteiger partial charge in [0.2, 0.25) is 5.91 Å². The van der Waals surface area contributed by atoms with E-state index in [1.165, 1.54) is 6.26 Å². The van der Waals surface area contributed by atoms with Gasteiger partial charge >= 0.3 is 6.03 Å². The molecule has 1 aliphatic heterocycles. The number of rotatable bonds is 4. The molecular weight excluding hydrogens is 334 g/mol. The predicted molar refractivity (Wildman–Crippen MR) is 94.0 cm³/mol. The van der Waals surface area contributed by atoms with Crippen molar-refractivity contribution in [1.82, 2.24) is 10.6 Å². The molecule has 1 aromatic carbocycles. The third kappa shape index (κ3) is 2.96. The molecule has 0 bridgehead atoms. The number of nitrogens with zero attached hydrogens (tertiary/aromatic N) is 1. The molecule has 2 aliphatic rings. The van der Waals surface area contributed by atoms with Crippen molar-refractivity contribution >= 4 is 23.4 Å². The number of nitrogens with one attached hydrogen (secondary N) is 2. The van der Waals surface area contributed by atoms with Gasteiger partial charge in [0.25, 0.3) is 0 Å². The average Bonchev–Trinajstić information content (AvgIpc) is 3.30. The first-order valence-electron chi connectivity index (χ1n) is 8.64. The summed E-state index contributed by atoms with van der Waals surface area (Å²) in [6.07, 6.45) is 2.82. The van der Waals surface area contributed by atoms with Gasteiger partial charge < -0.3 is 20.0 Å². The zero-order valence-electron chi connectivity index (χ0n) is 14.2. The standard InChI is InChI=1S/C19H19N3O4/c23-16-7-6-12-11-22(15-5-1-4-14(16)18(12)15)17(24)10-21-19(25)20-9-13-3-2-8-26-13/h1-5,8,12H,6-7,9-11H2,(H2,20,21,25). The summed E-state index contributed by atoms with van der Waals surface area (Å²) in [5.41, 5.74) is 2.51. The van der Waals surface area contributed by atoms with Crippen molar-refractivity contribution in [1.29, 1.82) is 0 Å². The van der Waals surface area contributed by atoms with Gasteiger partial charge in [0.05, 0.1) is 19.4 Å². The Labute approximate surface area is 150 Å². The van der Waals surface area contributed by atoms with E-state index in [0.717, 1.165) is 23.2 Å². The van der Waals surface area contributed by atoms with Gasteiger partial charge in [0, 0.05) is 30.1 Å². The average molecular weight is 353 g/mol. The lowest BCUT2D eigenvalue weighted by molar-refractivity contribution is -0.117. The lowest BCUT2D eigenvalue weighted by Gasteiger charge is -2.18. The first-order chi connectivity index (χ1) is 12.6. The van der Waals surface area contributed by atoms with Gasteiger partial charge in [-0.2, -0.15) is 0 Å². The van der Waals surface area contributed by atoms with Gasteiger partial charge in [-0.3, -0.25) is 9.59 Å². The molecule has 2 heterocycles. The van der Waals surface area contributed by atoms with Crippen LogP contribution in [0.3, 0.4) is 0 Å². The van der Waals surface area contributed by atoms with Crippen LogP contribution < -0.4 is 15.5 Å². The molecule has 2 N–H and O–H groups in total. The van der Waals surface area contributed by atoms with E-state index in [1.54, 1.807) is 17.0 Å². The highest BCUT2D eigenvalue weighted by molar-refractivity contribution is 6.05. The molecular formula is C19H19N3O4. The maximum absolute atomic E-state index is 12.6. The summed E-state index contributed by atoms with van der Waals surface area (Å²) in [6.45, 7) is 0.718. The second-order valence-corrected chi connectivity index (χ2v) is 6.52. The quantitative estimate of drug-likeness (QED) is 0.881. The maximum atomic E-state index is 12.6. The highest BCUT2D eigenvalue weighted by atomic mass is 16.3. The number of anilines is 1. The summed E-state index contributed by atoms with van der Waals surface area (Å²) in [7, 11) is 0. The third-order valence-electron chi connectivity index (χ3n) is 4.91. The Morgan fingerprint density at radius 2 is 2.08 bits per heavy atom. The number of hydrogen-bond acceptors (Lipinski definition) is 4. The van der Waals surface area contributed by atoms with E-state index in [4.69, 9.17) is 4.42 Å². The molecule has 0 saturated carbocycles. The van der Waals surface area contributed by atoms with Gasteiger partial charge in [-0.25, -0.2) is 4.79 Å².